The van der Waals surface area contributed by atoms with Gasteiger partial charge < -0.3 is 5.32 Å². The van der Waals surface area contributed by atoms with Gasteiger partial charge in [-0.3, -0.25) is 10.1 Å². The van der Waals surface area contributed by atoms with Gasteiger partial charge in [-0.15, -0.1) is 0 Å². The first-order valence-corrected chi connectivity index (χ1v) is 8.88. The first kappa shape index (κ1) is 16.4. The van der Waals surface area contributed by atoms with Crippen LogP contribution < -0.4 is 5.32 Å². The number of benzene rings is 2. The predicted octanol–water partition coefficient (Wildman–Crippen LogP) is 6.04. The highest BCUT2D eigenvalue weighted by Gasteiger charge is 2.40. The molecule has 0 amide bonds. The van der Waals surface area contributed by atoms with Crippen molar-refractivity contribution in [2.45, 2.75) is 25.3 Å². The maximum Gasteiger partial charge on any atom is 0.270 e. The molecule has 0 radical (unpaired) electrons. The van der Waals surface area contributed by atoms with Crippen LogP contribution in [0, 0.1) is 23.0 Å². The lowest BCUT2D eigenvalue weighted by molar-refractivity contribution is -0.385. The summed E-state index contributed by atoms with van der Waals surface area (Å²) in [6.45, 7) is 1.90. The number of hydrogen-bond donors (Lipinski definition) is 1. The molecule has 3 atom stereocenters. The summed E-state index contributed by atoms with van der Waals surface area (Å²) >= 11 is 12.5. The first-order valence-electron chi connectivity index (χ1n) is 8.13. The van der Waals surface area contributed by atoms with E-state index < -0.39 is 0 Å². The Morgan fingerprint density at radius 2 is 2.00 bits per heavy atom. The van der Waals surface area contributed by atoms with Gasteiger partial charge in [0.2, 0.25) is 0 Å². The Balaban J connectivity index is 1.84. The molecule has 0 unspecified atom stereocenters. The molecule has 0 saturated heterocycles. The van der Waals surface area contributed by atoms with Gasteiger partial charge in [-0.2, -0.15) is 0 Å². The number of aryl methyl sites for hydroxylation is 1. The molecule has 0 bridgehead atoms. The quantitative estimate of drug-likeness (QED) is 0.396. The van der Waals surface area contributed by atoms with E-state index >= 15 is 0 Å². The van der Waals surface area contributed by atoms with Crippen molar-refractivity contribution in [2.24, 2.45) is 5.92 Å². The second-order valence-electron chi connectivity index (χ2n) is 6.63. The smallest absolute Gasteiger partial charge is 0.270 e. The number of allylic oxidation sites excluding steroid dienone is 2. The molecule has 128 valence electrons. The fraction of sp³-hybridized carbons (Fsp3) is 0.263. The van der Waals surface area contributed by atoms with Gasteiger partial charge in [0, 0.05) is 33.8 Å². The molecule has 25 heavy (non-hydrogen) atoms. The third kappa shape index (κ3) is 2.70. The molecule has 0 spiro atoms. The van der Waals surface area contributed by atoms with Crippen LogP contribution >= 0.6 is 23.2 Å². The molecule has 2 aromatic carbocycles. The summed E-state index contributed by atoms with van der Waals surface area (Å²) < 4.78 is 0. The fourth-order valence-electron chi connectivity index (χ4n) is 4.03. The summed E-state index contributed by atoms with van der Waals surface area (Å²) in [6, 6.07) is 8.92. The zero-order valence-corrected chi connectivity index (χ0v) is 15.0. The molecule has 1 N–H and O–H groups in total. The van der Waals surface area contributed by atoms with Gasteiger partial charge in [0.25, 0.3) is 5.69 Å². The van der Waals surface area contributed by atoms with Crippen LogP contribution in [0.3, 0.4) is 0 Å². The van der Waals surface area contributed by atoms with E-state index in [4.69, 9.17) is 23.2 Å². The van der Waals surface area contributed by atoms with Gasteiger partial charge in [-0.25, -0.2) is 0 Å². The lowest BCUT2D eigenvalue weighted by atomic mass is 9.76. The van der Waals surface area contributed by atoms with Crippen molar-refractivity contribution in [3.8, 4) is 0 Å². The number of nitro benzene ring substituents is 1. The SMILES string of the molecule is Cc1cc([N+](=O)[O-])cc2c1N[C@H](c1ccc(Cl)cc1Cl)[C@H]1CC=C[C@@H]21. The minimum absolute atomic E-state index is 0.0393. The number of anilines is 1. The van der Waals surface area contributed by atoms with Crippen LogP contribution in [0.5, 0.6) is 0 Å². The molecule has 4 nitrogen and oxygen atoms in total. The molecule has 1 heterocycles. The zero-order chi connectivity index (χ0) is 17.7. The molecule has 1 aliphatic heterocycles. The highest BCUT2D eigenvalue weighted by molar-refractivity contribution is 6.35. The van der Waals surface area contributed by atoms with Crippen LogP contribution in [0.15, 0.2) is 42.5 Å². The van der Waals surface area contributed by atoms with Crippen molar-refractivity contribution in [2.75, 3.05) is 5.32 Å². The first-order chi connectivity index (χ1) is 12.0. The minimum atomic E-state index is -0.330. The van der Waals surface area contributed by atoms with E-state index in [0.717, 1.165) is 28.8 Å². The van der Waals surface area contributed by atoms with Crippen LogP contribution in [0.2, 0.25) is 10.0 Å². The number of nitrogens with zero attached hydrogens (tertiary/aromatic N) is 1. The monoisotopic (exact) mass is 374 g/mol. The van der Waals surface area contributed by atoms with Crippen LogP contribution in [0.1, 0.15) is 35.1 Å². The summed E-state index contributed by atoms with van der Waals surface area (Å²) in [5.41, 5.74) is 3.98. The second kappa shape index (κ2) is 6.04. The van der Waals surface area contributed by atoms with Gasteiger partial charge >= 0.3 is 0 Å². The van der Waals surface area contributed by atoms with Gasteiger partial charge in [0.1, 0.15) is 0 Å². The van der Waals surface area contributed by atoms with E-state index in [-0.39, 0.29) is 28.5 Å². The second-order valence-corrected chi connectivity index (χ2v) is 7.47. The van der Waals surface area contributed by atoms with Crippen LogP contribution in [0.4, 0.5) is 11.4 Å². The standard InChI is InChI=1S/C19H16Cl2N2O2/c1-10-7-12(23(24)25)9-16-13-3-2-4-14(13)19(22-18(10)16)15-6-5-11(20)8-17(15)21/h2-3,5-9,13-14,19,22H,4H2,1H3/t13-,14+,19+/m1/s1. The average Bonchev–Trinajstić information content (AvgIpc) is 3.04. The van der Waals surface area contributed by atoms with Gasteiger partial charge in [-0.05, 0) is 48.1 Å². The number of halogens is 2. The van der Waals surface area contributed by atoms with E-state index in [0.29, 0.717) is 10.0 Å². The van der Waals surface area contributed by atoms with E-state index in [1.165, 1.54) is 0 Å². The van der Waals surface area contributed by atoms with Crippen LogP contribution in [-0.2, 0) is 0 Å². The summed E-state index contributed by atoms with van der Waals surface area (Å²) in [4.78, 5) is 10.9. The minimum Gasteiger partial charge on any atom is -0.377 e. The fourth-order valence-corrected chi connectivity index (χ4v) is 4.56. The summed E-state index contributed by atoms with van der Waals surface area (Å²) in [7, 11) is 0. The van der Waals surface area contributed by atoms with E-state index in [1.54, 1.807) is 18.2 Å². The highest BCUT2D eigenvalue weighted by Crippen LogP contribution is 2.52. The number of non-ortho nitro benzene ring substituents is 1. The molecular weight excluding hydrogens is 359 g/mol. The van der Waals surface area contributed by atoms with E-state index in [9.17, 15) is 10.1 Å². The number of fused-ring (bicyclic) bond motifs is 3. The Labute approximate surface area is 155 Å². The predicted molar refractivity (Wildman–Crippen MR) is 101 cm³/mol. The van der Waals surface area contributed by atoms with Gasteiger partial charge in [0.05, 0.1) is 11.0 Å². The summed E-state index contributed by atoms with van der Waals surface area (Å²) in [6.07, 6.45) is 5.21. The maximum atomic E-state index is 11.2. The summed E-state index contributed by atoms with van der Waals surface area (Å²) in [5.74, 6) is 0.416. The molecule has 1 aliphatic carbocycles. The van der Waals surface area contributed by atoms with Crippen molar-refractivity contribution in [3.05, 3.63) is 79.3 Å². The van der Waals surface area contributed by atoms with E-state index in [2.05, 4.69) is 17.5 Å². The average molecular weight is 375 g/mol. The number of nitrogens with one attached hydrogen (secondary N) is 1. The van der Waals surface area contributed by atoms with Crippen molar-refractivity contribution < 1.29 is 4.92 Å². The van der Waals surface area contributed by atoms with Gasteiger partial charge in [-0.1, -0.05) is 41.4 Å². The number of nitro groups is 1. The van der Waals surface area contributed by atoms with Crippen molar-refractivity contribution >= 4 is 34.6 Å². The Kier molecular flexibility index (Phi) is 3.97. The Bertz CT molecular complexity index is 911. The largest absolute Gasteiger partial charge is 0.377 e. The molecule has 0 fully saturated rings. The molecule has 2 aromatic rings. The summed E-state index contributed by atoms with van der Waals surface area (Å²) in [5, 5.41) is 16.1. The van der Waals surface area contributed by atoms with Crippen molar-refractivity contribution in [1.29, 1.82) is 0 Å². The third-order valence-electron chi connectivity index (χ3n) is 5.16. The lowest BCUT2D eigenvalue weighted by Gasteiger charge is -2.38. The Morgan fingerprint density at radius 1 is 1.20 bits per heavy atom. The van der Waals surface area contributed by atoms with Crippen LogP contribution in [0.25, 0.3) is 0 Å². The molecule has 2 aliphatic rings. The normalized spacial score (nSPS) is 23.7. The topological polar surface area (TPSA) is 55.2 Å². The highest BCUT2D eigenvalue weighted by atomic mass is 35.5. The van der Waals surface area contributed by atoms with Crippen LogP contribution in [-0.4, -0.2) is 4.92 Å². The third-order valence-corrected chi connectivity index (χ3v) is 5.72. The molecule has 0 saturated carbocycles. The molecular formula is C19H16Cl2N2O2. The molecule has 6 heteroatoms. The lowest BCUT2D eigenvalue weighted by Crippen LogP contribution is -2.29. The maximum absolute atomic E-state index is 11.2. The Morgan fingerprint density at radius 3 is 2.72 bits per heavy atom. The molecule has 4 rings (SSSR count). The molecule has 0 aromatic heterocycles. The van der Waals surface area contributed by atoms with Gasteiger partial charge in [0.15, 0.2) is 0 Å². The van der Waals surface area contributed by atoms with E-state index in [1.807, 2.05) is 19.1 Å². The van der Waals surface area contributed by atoms with Crippen molar-refractivity contribution in [3.63, 3.8) is 0 Å². The number of hydrogen-bond acceptors (Lipinski definition) is 3. The Hall–Kier alpha value is -2.04. The zero-order valence-electron chi connectivity index (χ0n) is 13.5. The number of rotatable bonds is 2. The van der Waals surface area contributed by atoms with Crippen molar-refractivity contribution in [1.82, 2.24) is 0 Å².